The van der Waals surface area contributed by atoms with E-state index in [9.17, 15) is 19.5 Å². The molecule has 0 aromatic rings. The monoisotopic (exact) mass is 276 g/mol. The quantitative estimate of drug-likeness (QED) is 0.725. The molecular formula is C13H14N3O4+. The van der Waals surface area contributed by atoms with Crippen LogP contribution in [0.25, 0.3) is 0 Å². The van der Waals surface area contributed by atoms with Crippen LogP contribution in [-0.2, 0) is 9.59 Å². The van der Waals surface area contributed by atoms with Gasteiger partial charge in [0, 0.05) is 5.92 Å². The summed E-state index contributed by atoms with van der Waals surface area (Å²) in [6.45, 7) is 0. The number of amidine groups is 1. The summed E-state index contributed by atoms with van der Waals surface area (Å²) in [5, 5.41) is 9.34. The molecule has 2 aliphatic heterocycles. The molecular weight excluding hydrogens is 262 g/mol. The van der Waals surface area contributed by atoms with Gasteiger partial charge in [-0.25, -0.2) is 9.59 Å². The minimum atomic E-state index is -1.15. The molecule has 7 heteroatoms. The maximum absolute atomic E-state index is 12.2. The fourth-order valence-electron chi connectivity index (χ4n) is 2.51. The molecule has 0 bridgehead atoms. The lowest BCUT2D eigenvalue weighted by Crippen LogP contribution is -2.53. The number of carbonyl (C=O) groups is 3. The van der Waals surface area contributed by atoms with Gasteiger partial charge in [0.05, 0.1) is 19.7 Å². The number of imide groups is 1. The molecule has 2 heterocycles. The molecule has 1 atom stereocenters. The van der Waals surface area contributed by atoms with Crippen molar-refractivity contribution in [3.05, 3.63) is 11.6 Å². The zero-order valence-corrected chi connectivity index (χ0v) is 11.2. The molecule has 0 radical (unpaired) electrons. The molecule has 1 fully saturated rings. The highest BCUT2D eigenvalue weighted by atomic mass is 16.4. The summed E-state index contributed by atoms with van der Waals surface area (Å²) in [4.78, 5) is 40.9. The number of carbonyl (C=O) groups excluding carboxylic acids is 2. The highest BCUT2D eigenvalue weighted by Crippen LogP contribution is 2.35. The van der Waals surface area contributed by atoms with E-state index in [1.807, 2.05) is 0 Å². The van der Waals surface area contributed by atoms with E-state index in [0.717, 1.165) is 17.7 Å². The number of carboxylic acid groups (broad SMARTS) is 1. The number of dihydropyridines is 1. The maximum atomic E-state index is 12.2. The smallest absolute Gasteiger partial charge is 0.445 e. The predicted molar refractivity (Wildman–Crippen MR) is 68.7 cm³/mol. The van der Waals surface area contributed by atoms with Crippen molar-refractivity contribution in [2.45, 2.75) is 12.8 Å². The first-order valence-electron chi connectivity index (χ1n) is 6.37. The van der Waals surface area contributed by atoms with E-state index in [1.54, 1.807) is 0 Å². The van der Waals surface area contributed by atoms with Crippen LogP contribution in [0.2, 0.25) is 0 Å². The van der Waals surface area contributed by atoms with Gasteiger partial charge >= 0.3 is 17.9 Å². The summed E-state index contributed by atoms with van der Waals surface area (Å²) in [7, 11) is 2.85. The van der Waals surface area contributed by atoms with Crippen LogP contribution >= 0.6 is 0 Å². The molecule has 0 saturated heterocycles. The van der Waals surface area contributed by atoms with Crippen molar-refractivity contribution in [2.75, 3.05) is 14.1 Å². The van der Waals surface area contributed by atoms with Crippen LogP contribution in [-0.4, -0.2) is 58.1 Å². The Labute approximate surface area is 114 Å². The zero-order chi connectivity index (χ0) is 14.6. The third kappa shape index (κ3) is 1.70. The van der Waals surface area contributed by atoms with Gasteiger partial charge in [-0.3, -0.25) is 4.79 Å². The van der Waals surface area contributed by atoms with Crippen LogP contribution in [0.1, 0.15) is 12.8 Å². The first-order valence-corrected chi connectivity index (χ1v) is 6.37. The van der Waals surface area contributed by atoms with E-state index < -0.39 is 23.8 Å². The summed E-state index contributed by atoms with van der Waals surface area (Å²) >= 11 is 0. The minimum Gasteiger partial charge on any atom is -0.478 e. The van der Waals surface area contributed by atoms with E-state index in [0.29, 0.717) is 5.71 Å². The summed E-state index contributed by atoms with van der Waals surface area (Å²) in [5.74, 6) is -2.22. The van der Waals surface area contributed by atoms with Gasteiger partial charge in [-0.15, -0.1) is 4.99 Å². The molecule has 1 N–H and O–H groups in total. The lowest BCUT2D eigenvalue weighted by atomic mass is 9.90. The molecule has 7 nitrogen and oxygen atoms in total. The first-order chi connectivity index (χ1) is 9.41. The second-order valence-corrected chi connectivity index (χ2v) is 5.25. The number of hydrogen-bond donors (Lipinski definition) is 1. The number of urea groups is 1. The number of nitrogens with zero attached hydrogens (tertiary/aromatic N) is 3. The zero-order valence-electron chi connectivity index (χ0n) is 11.2. The molecule has 1 unspecified atom stereocenters. The van der Waals surface area contributed by atoms with Crippen molar-refractivity contribution < 1.29 is 24.1 Å². The van der Waals surface area contributed by atoms with Crippen LogP contribution in [0.5, 0.6) is 0 Å². The van der Waals surface area contributed by atoms with Crippen LogP contribution in [0.4, 0.5) is 4.79 Å². The number of hydrogen-bond acceptors (Lipinski definition) is 4. The Bertz CT molecular complexity index is 640. The number of carboxylic acids is 1. The number of amides is 3. The lowest BCUT2D eigenvalue weighted by molar-refractivity contribution is -0.407. The summed E-state index contributed by atoms with van der Waals surface area (Å²) < 4.78 is 1.25. The van der Waals surface area contributed by atoms with Gasteiger partial charge < -0.3 is 5.11 Å². The molecule has 1 saturated carbocycles. The maximum Gasteiger partial charge on any atom is 0.445 e. The Hall–Kier alpha value is -2.31. The summed E-state index contributed by atoms with van der Waals surface area (Å²) in [6.07, 6.45) is 3.42. The second kappa shape index (κ2) is 4.09. The van der Waals surface area contributed by atoms with Gasteiger partial charge in [-0.1, -0.05) is 0 Å². The van der Waals surface area contributed by atoms with Gasteiger partial charge in [0.25, 0.3) is 5.84 Å². The van der Waals surface area contributed by atoms with Crippen molar-refractivity contribution in [3.63, 3.8) is 0 Å². The Kier molecular flexibility index (Phi) is 2.60. The van der Waals surface area contributed by atoms with E-state index >= 15 is 0 Å². The van der Waals surface area contributed by atoms with Crippen molar-refractivity contribution >= 4 is 29.5 Å². The number of allylic oxidation sites excluding steroid dienone is 1. The van der Waals surface area contributed by atoms with Gasteiger partial charge in [0.2, 0.25) is 0 Å². The normalized spacial score (nSPS) is 26.3. The van der Waals surface area contributed by atoms with Gasteiger partial charge in [0.15, 0.2) is 5.92 Å². The molecule has 0 aromatic carbocycles. The van der Waals surface area contributed by atoms with Crippen molar-refractivity contribution in [2.24, 2.45) is 16.8 Å². The van der Waals surface area contributed by atoms with Crippen LogP contribution in [0.3, 0.4) is 0 Å². The third-order valence-corrected chi connectivity index (χ3v) is 3.85. The largest absolute Gasteiger partial charge is 0.478 e. The van der Waals surface area contributed by atoms with Crippen molar-refractivity contribution in [1.82, 2.24) is 4.90 Å². The highest BCUT2D eigenvalue weighted by Gasteiger charge is 2.50. The standard InChI is InChI=1S/C13H13N3O4/c1-15-10-9(11(17)16(2)13(15)20)7(12(18)19)5-8(14-10)6-3-4-6/h5-6,9H,3-4H2,1-2H3/p+1. The fourth-order valence-corrected chi connectivity index (χ4v) is 2.51. The molecule has 104 valence electrons. The van der Waals surface area contributed by atoms with E-state index in [-0.39, 0.29) is 17.3 Å². The minimum absolute atomic E-state index is 0.00639. The number of fused-ring (bicyclic) bond motifs is 1. The average Bonchev–Trinajstić information content (AvgIpc) is 3.25. The molecule has 3 amide bonds. The third-order valence-electron chi connectivity index (χ3n) is 3.85. The van der Waals surface area contributed by atoms with Crippen LogP contribution < -0.4 is 0 Å². The molecule has 3 aliphatic rings. The predicted octanol–water partition coefficient (Wildman–Crippen LogP) is 0.111. The molecule has 20 heavy (non-hydrogen) atoms. The Morgan fingerprint density at radius 1 is 1.45 bits per heavy atom. The topological polar surface area (TPSA) is 90.1 Å². The van der Waals surface area contributed by atoms with Gasteiger partial charge in [0.1, 0.15) is 5.71 Å². The lowest BCUT2D eigenvalue weighted by Gasteiger charge is -2.26. The summed E-state index contributed by atoms with van der Waals surface area (Å²) in [5.41, 5.74) is 0.652. The Morgan fingerprint density at radius 2 is 2.10 bits per heavy atom. The Morgan fingerprint density at radius 3 is 2.65 bits per heavy atom. The SMILES string of the molecule is CN1C(=O)C2C(C(=O)O)=CC(C3CC3)=NC2=[N+](C)C1=O. The van der Waals surface area contributed by atoms with E-state index in [2.05, 4.69) is 4.99 Å². The number of rotatable bonds is 2. The fraction of sp³-hybridized carbons (Fsp3) is 0.462. The van der Waals surface area contributed by atoms with Crippen molar-refractivity contribution in [1.29, 1.82) is 0 Å². The van der Waals surface area contributed by atoms with Crippen LogP contribution in [0.15, 0.2) is 16.6 Å². The van der Waals surface area contributed by atoms with Crippen LogP contribution in [0, 0.1) is 11.8 Å². The van der Waals surface area contributed by atoms with Gasteiger partial charge in [-0.05, 0) is 18.9 Å². The number of aliphatic carboxylic acids is 1. The van der Waals surface area contributed by atoms with Crippen molar-refractivity contribution in [3.8, 4) is 0 Å². The summed E-state index contributed by atoms with van der Waals surface area (Å²) in [6, 6.07) is -0.494. The highest BCUT2D eigenvalue weighted by molar-refractivity contribution is 6.23. The van der Waals surface area contributed by atoms with Gasteiger partial charge in [-0.2, -0.15) is 9.48 Å². The second-order valence-electron chi connectivity index (χ2n) is 5.25. The number of aliphatic imine (C=N–C) groups is 1. The molecule has 1 aliphatic carbocycles. The van der Waals surface area contributed by atoms with E-state index in [1.165, 1.54) is 24.7 Å². The molecule has 3 rings (SSSR count). The Balaban J connectivity index is 2.19. The molecule has 0 aromatic heterocycles. The average molecular weight is 276 g/mol. The van der Waals surface area contributed by atoms with E-state index in [4.69, 9.17) is 0 Å². The first kappa shape index (κ1) is 12.7. The molecule has 0 spiro atoms.